The molecule has 1 aromatic rings. The molecule has 0 bridgehead atoms. The van der Waals surface area contributed by atoms with E-state index >= 15 is 0 Å². The summed E-state index contributed by atoms with van der Waals surface area (Å²) in [5.41, 5.74) is 2.38. The van der Waals surface area contributed by atoms with Gasteiger partial charge in [0.2, 0.25) is 5.91 Å². The Kier molecular flexibility index (Phi) is 5.80. The van der Waals surface area contributed by atoms with Crippen molar-refractivity contribution in [1.29, 1.82) is 0 Å². The molecule has 5 heteroatoms. The maximum absolute atomic E-state index is 12.5. The van der Waals surface area contributed by atoms with E-state index in [1.807, 2.05) is 38.1 Å². The zero-order chi connectivity index (χ0) is 16.1. The maximum atomic E-state index is 12.5. The monoisotopic (exact) mass is 305 g/mol. The van der Waals surface area contributed by atoms with Crippen molar-refractivity contribution in [2.24, 2.45) is 0 Å². The van der Waals surface area contributed by atoms with Gasteiger partial charge >= 0.3 is 0 Å². The lowest BCUT2D eigenvalue weighted by Gasteiger charge is -2.31. The third-order valence-electron chi connectivity index (χ3n) is 4.08. The number of ether oxygens (including phenoxy) is 1. The maximum Gasteiger partial charge on any atom is 0.239 e. The lowest BCUT2D eigenvalue weighted by molar-refractivity contribution is -0.137. The standard InChI is InChI=1S/C17H27N3O2/c1-13(15-7-5-6-8-16(15)19(3)4)18-14(2)17(21)20-9-11-22-12-10-20/h5-8,13-14,18H,9-12H2,1-4H3/t13-,14+/m0/s1. The van der Waals surface area contributed by atoms with E-state index in [-0.39, 0.29) is 18.0 Å². The minimum atomic E-state index is -0.205. The molecule has 0 spiro atoms. The molecule has 2 atom stereocenters. The van der Waals surface area contributed by atoms with E-state index < -0.39 is 0 Å². The molecule has 1 saturated heterocycles. The van der Waals surface area contributed by atoms with Gasteiger partial charge < -0.3 is 14.5 Å². The van der Waals surface area contributed by atoms with Gasteiger partial charge in [0.25, 0.3) is 0 Å². The fourth-order valence-corrected chi connectivity index (χ4v) is 2.85. The van der Waals surface area contributed by atoms with Crippen molar-refractivity contribution in [3.63, 3.8) is 0 Å². The summed E-state index contributed by atoms with van der Waals surface area (Å²) in [4.78, 5) is 16.5. The summed E-state index contributed by atoms with van der Waals surface area (Å²) < 4.78 is 5.30. The summed E-state index contributed by atoms with van der Waals surface area (Å²) >= 11 is 0. The third-order valence-corrected chi connectivity index (χ3v) is 4.08. The van der Waals surface area contributed by atoms with Crippen molar-refractivity contribution in [1.82, 2.24) is 10.2 Å². The minimum Gasteiger partial charge on any atom is -0.378 e. The molecule has 0 aromatic heterocycles. The zero-order valence-corrected chi connectivity index (χ0v) is 14.0. The second-order valence-corrected chi connectivity index (χ2v) is 6.00. The Hall–Kier alpha value is -1.59. The first kappa shape index (κ1) is 16.8. The van der Waals surface area contributed by atoms with Crippen molar-refractivity contribution in [2.45, 2.75) is 25.9 Å². The number of benzene rings is 1. The van der Waals surface area contributed by atoms with E-state index in [2.05, 4.69) is 29.3 Å². The van der Waals surface area contributed by atoms with Crippen molar-refractivity contribution in [2.75, 3.05) is 45.3 Å². The Labute approximate surface area is 133 Å². The van der Waals surface area contributed by atoms with Crippen LogP contribution in [0.5, 0.6) is 0 Å². The van der Waals surface area contributed by atoms with Gasteiger partial charge in [-0.15, -0.1) is 0 Å². The van der Waals surface area contributed by atoms with Crippen LogP contribution in [0.3, 0.4) is 0 Å². The van der Waals surface area contributed by atoms with Gasteiger partial charge in [-0.3, -0.25) is 10.1 Å². The van der Waals surface area contributed by atoms with E-state index in [4.69, 9.17) is 4.74 Å². The molecular weight excluding hydrogens is 278 g/mol. The molecule has 0 radical (unpaired) electrons. The number of hydrogen-bond donors (Lipinski definition) is 1. The summed E-state index contributed by atoms with van der Waals surface area (Å²) in [6.45, 7) is 6.69. The minimum absolute atomic E-state index is 0.110. The molecule has 0 saturated carbocycles. The second-order valence-electron chi connectivity index (χ2n) is 6.00. The Morgan fingerprint density at radius 2 is 1.86 bits per heavy atom. The van der Waals surface area contributed by atoms with Crippen LogP contribution in [0.2, 0.25) is 0 Å². The molecule has 1 aliphatic heterocycles. The van der Waals surface area contributed by atoms with Gasteiger partial charge in [0.15, 0.2) is 0 Å². The first-order chi connectivity index (χ1) is 10.5. The number of amides is 1. The average Bonchev–Trinajstić information content (AvgIpc) is 2.54. The van der Waals surface area contributed by atoms with Gasteiger partial charge in [-0.25, -0.2) is 0 Å². The number of carbonyl (C=O) groups is 1. The summed E-state index contributed by atoms with van der Waals surface area (Å²) in [5.74, 6) is 0.150. The van der Waals surface area contributed by atoms with Crippen molar-refractivity contribution >= 4 is 11.6 Å². The topological polar surface area (TPSA) is 44.8 Å². The van der Waals surface area contributed by atoms with E-state index in [9.17, 15) is 4.79 Å². The highest BCUT2D eigenvalue weighted by atomic mass is 16.5. The van der Waals surface area contributed by atoms with Crippen LogP contribution >= 0.6 is 0 Å². The largest absolute Gasteiger partial charge is 0.378 e. The smallest absolute Gasteiger partial charge is 0.239 e. The van der Waals surface area contributed by atoms with Crippen LogP contribution in [-0.2, 0) is 9.53 Å². The van der Waals surface area contributed by atoms with Crippen LogP contribution in [-0.4, -0.2) is 57.2 Å². The molecule has 122 valence electrons. The SMILES string of the molecule is C[C@H](N[C@H](C)C(=O)N1CCOCC1)c1ccccc1N(C)C. The normalized spacial score (nSPS) is 17.9. The Morgan fingerprint density at radius 1 is 1.23 bits per heavy atom. The molecule has 1 aliphatic rings. The summed E-state index contributed by atoms with van der Waals surface area (Å²) in [6.07, 6.45) is 0. The van der Waals surface area contributed by atoms with Gasteiger partial charge in [0.05, 0.1) is 19.3 Å². The van der Waals surface area contributed by atoms with Crippen LogP contribution < -0.4 is 10.2 Å². The lowest BCUT2D eigenvalue weighted by Crippen LogP contribution is -2.49. The van der Waals surface area contributed by atoms with Gasteiger partial charge in [0.1, 0.15) is 0 Å². The second kappa shape index (κ2) is 7.61. The van der Waals surface area contributed by atoms with Gasteiger partial charge in [0, 0.05) is 38.9 Å². The summed E-state index contributed by atoms with van der Waals surface area (Å²) in [5, 5.41) is 3.43. The predicted octanol–water partition coefficient (Wildman–Crippen LogP) is 1.65. The molecule has 22 heavy (non-hydrogen) atoms. The molecule has 1 aromatic carbocycles. The van der Waals surface area contributed by atoms with Gasteiger partial charge in [-0.2, -0.15) is 0 Å². The van der Waals surface area contributed by atoms with Crippen molar-refractivity contribution in [3.05, 3.63) is 29.8 Å². The molecule has 2 rings (SSSR count). The van der Waals surface area contributed by atoms with E-state index in [1.54, 1.807) is 0 Å². The van der Waals surface area contributed by atoms with E-state index in [0.717, 1.165) is 0 Å². The molecule has 1 heterocycles. The third kappa shape index (κ3) is 3.99. The number of hydrogen-bond acceptors (Lipinski definition) is 4. The number of nitrogens with zero attached hydrogens (tertiary/aromatic N) is 2. The Balaban J connectivity index is 2.01. The molecule has 1 amide bonds. The van der Waals surface area contributed by atoms with E-state index in [1.165, 1.54) is 11.3 Å². The van der Waals surface area contributed by atoms with Crippen LogP contribution in [0, 0.1) is 0 Å². The molecule has 0 unspecified atom stereocenters. The lowest BCUT2D eigenvalue weighted by atomic mass is 10.0. The quantitative estimate of drug-likeness (QED) is 0.898. The first-order valence-electron chi connectivity index (χ1n) is 7.89. The molecular formula is C17H27N3O2. The van der Waals surface area contributed by atoms with Gasteiger partial charge in [-0.1, -0.05) is 18.2 Å². The number of morpholine rings is 1. The molecule has 0 aliphatic carbocycles. The fraction of sp³-hybridized carbons (Fsp3) is 0.588. The zero-order valence-electron chi connectivity index (χ0n) is 14.0. The fourth-order valence-electron chi connectivity index (χ4n) is 2.85. The van der Waals surface area contributed by atoms with E-state index in [0.29, 0.717) is 26.3 Å². The number of para-hydroxylation sites is 1. The van der Waals surface area contributed by atoms with Crippen LogP contribution in [0.15, 0.2) is 24.3 Å². The average molecular weight is 305 g/mol. The van der Waals surface area contributed by atoms with Crippen LogP contribution in [0.4, 0.5) is 5.69 Å². The molecule has 1 fully saturated rings. The number of rotatable bonds is 5. The first-order valence-corrected chi connectivity index (χ1v) is 7.89. The highest BCUT2D eigenvalue weighted by Gasteiger charge is 2.24. The number of nitrogens with one attached hydrogen (secondary N) is 1. The number of carbonyl (C=O) groups excluding carboxylic acids is 1. The summed E-state index contributed by atoms with van der Waals surface area (Å²) in [6, 6.07) is 8.19. The van der Waals surface area contributed by atoms with Crippen molar-refractivity contribution < 1.29 is 9.53 Å². The summed E-state index contributed by atoms with van der Waals surface area (Å²) in [7, 11) is 4.07. The molecule has 1 N–H and O–H groups in total. The highest BCUT2D eigenvalue weighted by Crippen LogP contribution is 2.25. The number of anilines is 1. The van der Waals surface area contributed by atoms with Gasteiger partial charge in [-0.05, 0) is 25.5 Å². The van der Waals surface area contributed by atoms with Crippen LogP contribution in [0.1, 0.15) is 25.5 Å². The predicted molar refractivity (Wildman–Crippen MR) is 89.2 cm³/mol. The highest BCUT2D eigenvalue weighted by molar-refractivity contribution is 5.81. The van der Waals surface area contributed by atoms with Crippen LogP contribution in [0.25, 0.3) is 0 Å². The Bertz CT molecular complexity index is 498. The Morgan fingerprint density at radius 3 is 2.50 bits per heavy atom. The van der Waals surface area contributed by atoms with Crippen molar-refractivity contribution in [3.8, 4) is 0 Å². The molecule has 5 nitrogen and oxygen atoms in total.